The van der Waals surface area contributed by atoms with Crippen molar-refractivity contribution in [3.63, 3.8) is 0 Å². The first kappa shape index (κ1) is 24.0. The quantitative estimate of drug-likeness (QED) is 0.222. The van der Waals surface area contributed by atoms with Crippen molar-refractivity contribution in [3.05, 3.63) is 66.5 Å². The predicted octanol–water partition coefficient (Wildman–Crippen LogP) is 5.99. The number of aromatic nitrogens is 2. The monoisotopic (exact) mass is 460 g/mol. The van der Waals surface area contributed by atoms with Gasteiger partial charge in [-0.05, 0) is 49.9 Å². The van der Waals surface area contributed by atoms with Crippen LogP contribution in [-0.4, -0.2) is 34.4 Å². The largest absolute Gasteiger partial charge is 0.425 e. The second kappa shape index (κ2) is 10.9. The maximum Gasteiger partial charge on any atom is 0.343 e. The summed E-state index contributed by atoms with van der Waals surface area (Å²) in [4.78, 5) is 21.4. The molecule has 2 heterocycles. The molecule has 0 N–H and O–H groups in total. The van der Waals surface area contributed by atoms with E-state index < -0.39 is 17.9 Å². The minimum atomic E-state index is -0.768. The fourth-order valence-corrected chi connectivity index (χ4v) is 3.90. The van der Waals surface area contributed by atoms with E-state index in [0.29, 0.717) is 11.6 Å². The first-order valence-electron chi connectivity index (χ1n) is 12.0. The highest BCUT2D eigenvalue weighted by molar-refractivity contribution is 5.78. The van der Waals surface area contributed by atoms with Crippen LogP contribution in [0.1, 0.15) is 52.0 Å². The molecular weight excluding hydrogens is 428 g/mol. The van der Waals surface area contributed by atoms with Gasteiger partial charge in [-0.1, -0.05) is 62.6 Å². The highest BCUT2D eigenvalue weighted by Crippen LogP contribution is 2.26. The van der Waals surface area contributed by atoms with Gasteiger partial charge in [-0.2, -0.15) is 0 Å². The number of hydrogen-bond donors (Lipinski definition) is 0. The van der Waals surface area contributed by atoms with Crippen molar-refractivity contribution in [2.45, 2.75) is 64.8 Å². The van der Waals surface area contributed by atoms with Gasteiger partial charge in [0.05, 0.1) is 6.61 Å². The Bertz CT molecular complexity index is 1080. The van der Waals surface area contributed by atoms with Crippen molar-refractivity contribution in [1.82, 2.24) is 9.97 Å². The zero-order valence-corrected chi connectivity index (χ0v) is 20.1. The Labute approximate surface area is 201 Å². The second-order valence-electron chi connectivity index (χ2n) is 9.07. The summed E-state index contributed by atoms with van der Waals surface area (Å²) in [5.41, 5.74) is 4.19. The molecule has 0 spiro atoms. The lowest BCUT2D eigenvalue weighted by atomic mass is 10.0. The van der Waals surface area contributed by atoms with E-state index >= 15 is 0 Å². The lowest BCUT2D eigenvalue weighted by Crippen LogP contribution is -2.30. The van der Waals surface area contributed by atoms with E-state index in [2.05, 4.69) is 41.2 Å². The number of aryl methyl sites for hydroxylation is 1. The molecule has 1 saturated heterocycles. The number of carbonyl (C=O) groups is 1. The van der Waals surface area contributed by atoms with Crippen molar-refractivity contribution < 1.29 is 19.0 Å². The van der Waals surface area contributed by atoms with Crippen molar-refractivity contribution in [2.75, 3.05) is 6.61 Å². The minimum Gasteiger partial charge on any atom is -0.425 e. The Kier molecular flexibility index (Phi) is 7.70. The molecule has 6 nitrogen and oxygen atoms in total. The third-order valence-corrected chi connectivity index (χ3v) is 5.86. The van der Waals surface area contributed by atoms with Gasteiger partial charge >= 0.3 is 5.97 Å². The van der Waals surface area contributed by atoms with E-state index in [4.69, 9.17) is 14.2 Å². The zero-order chi connectivity index (χ0) is 24.0. The first-order chi connectivity index (χ1) is 16.4. The van der Waals surface area contributed by atoms with Crippen LogP contribution in [0.25, 0.3) is 22.5 Å². The first-order valence-corrected chi connectivity index (χ1v) is 12.0. The van der Waals surface area contributed by atoms with Crippen LogP contribution < -0.4 is 4.74 Å². The fraction of sp³-hybridized carbons (Fsp3) is 0.393. The van der Waals surface area contributed by atoms with E-state index in [0.717, 1.165) is 23.1 Å². The molecule has 1 aromatic heterocycles. The van der Waals surface area contributed by atoms with Crippen LogP contribution >= 0.6 is 0 Å². The molecule has 0 unspecified atom stereocenters. The highest BCUT2D eigenvalue weighted by atomic mass is 16.8. The number of ether oxygens (including phenoxy) is 3. The third kappa shape index (κ3) is 6.27. The summed E-state index contributed by atoms with van der Waals surface area (Å²) in [6.45, 7) is 5.96. The van der Waals surface area contributed by atoms with Gasteiger partial charge in [-0.3, -0.25) is 0 Å². The van der Waals surface area contributed by atoms with E-state index in [9.17, 15) is 4.79 Å². The Balaban J connectivity index is 1.34. The van der Waals surface area contributed by atoms with E-state index in [1.807, 2.05) is 24.5 Å². The van der Waals surface area contributed by atoms with Gasteiger partial charge in [-0.15, -0.1) is 0 Å². The van der Waals surface area contributed by atoms with Crippen molar-refractivity contribution in [1.29, 1.82) is 0 Å². The van der Waals surface area contributed by atoms with E-state index in [-0.39, 0.29) is 6.61 Å². The maximum absolute atomic E-state index is 12.3. The maximum atomic E-state index is 12.3. The molecular formula is C28H32N2O4. The van der Waals surface area contributed by atoms with Crippen molar-refractivity contribution in [3.8, 4) is 28.3 Å². The molecule has 0 aliphatic carbocycles. The number of hydrogen-bond acceptors (Lipinski definition) is 6. The molecule has 1 aliphatic rings. The van der Waals surface area contributed by atoms with Gasteiger partial charge in [-0.25, -0.2) is 14.8 Å². The van der Waals surface area contributed by atoms with Gasteiger partial charge < -0.3 is 14.2 Å². The number of esters is 1. The molecule has 1 atom stereocenters. The summed E-state index contributed by atoms with van der Waals surface area (Å²) >= 11 is 0. The standard InChI is InChI=1S/C28H32N2O4/c1-4-5-6-7-8-20-9-11-22(12-10-20)26-29-17-23(18-30-26)21-13-15-24(16-14-21)33-27(31)25-19-32-28(2,3)34-25/h9-18,25H,4-8,19H2,1-3H3/t25-/m1/s1. The molecule has 6 heteroatoms. The molecule has 0 radical (unpaired) electrons. The van der Waals surface area contributed by atoms with Crippen LogP contribution in [0.2, 0.25) is 0 Å². The van der Waals surface area contributed by atoms with Gasteiger partial charge in [0.2, 0.25) is 0 Å². The zero-order valence-electron chi connectivity index (χ0n) is 20.1. The van der Waals surface area contributed by atoms with E-state index in [1.165, 1.54) is 31.2 Å². The van der Waals surface area contributed by atoms with Crippen LogP contribution in [0.4, 0.5) is 0 Å². The van der Waals surface area contributed by atoms with Crippen molar-refractivity contribution >= 4 is 5.97 Å². The lowest BCUT2D eigenvalue weighted by Gasteiger charge is -2.16. The van der Waals surface area contributed by atoms with Gasteiger partial charge in [0, 0.05) is 23.5 Å². The Morgan fingerprint density at radius 2 is 1.62 bits per heavy atom. The number of carbonyl (C=O) groups excluding carboxylic acids is 1. The summed E-state index contributed by atoms with van der Waals surface area (Å²) in [7, 11) is 0. The molecule has 0 bridgehead atoms. The molecule has 1 aliphatic heterocycles. The number of rotatable bonds is 9. The minimum absolute atomic E-state index is 0.190. The van der Waals surface area contributed by atoms with Crippen molar-refractivity contribution in [2.24, 2.45) is 0 Å². The molecule has 178 valence electrons. The topological polar surface area (TPSA) is 70.5 Å². The lowest BCUT2D eigenvalue weighted by molar-refractivity contribution is -0.162. The molecule has 0 amide bonds. The van der Waals surface area contributed by atoms with Crippen LogP contribution in [-0.2, 0) is 20.7 Å². The van der Waals surface area contributed by atoms with Crippen LogP contribution in [0.15, 0.2) is 60.9 Å². The summed E-state index contributed by atoms with van der Waals surface area (Å²) < 4.78 is 16.4. The Morgan fingerprint density at radius 3 is 2.24 bits per heavy atom. The average molecular weight is 461 g/mol. The van der Waals surface area contributed by atoms with Gasteiger partial charge in [0.15, 0.2) is 17.7 Å². The van der Waals surface area contributed by atoms with E-state index in [1.54, 1.807) is 26.0 Å². The predicted molar refractivity (Wildman–Crippen MR) is 131 cm³/mol. The average Bonchev–Trinajstić information content (AvgIpc) is 3.23. The SMILES string of the molecule is CCCCCCc1ccc(-c2ncc(-c3ccc(OC(=O)[C@H]4COC(C)(C)O4)cc3)cn2)cc1. The van der Waals surface area contributed by atoms with Gasteiger partial charge in [0.1, 0.15) is 5.75 Å². The number of nitrogens with zero attached hydrogens (tertiary/aromatic N) is 2. The normalized spacial score (nSPS) is 17.0. The molecule has 4 rings (SSSR count). The second-order valence-corrected chi connectivity index (χ2v) is 9.07. The highest BCUT2D eigenvalue weighted by Gasteiger charge is 2.38. The fourth-order valence-electron chi connectivity index (χ4n) is 3.90. The van der Waals surface area contributed by atoms with Gasteiger partial charge in [0.25, 0.3) is 0 Å². The van der Waals surface area contributed by atoms with Crippen LogP contribution in [0.5, 0.6) is 5.75 Å². The molecule has 0 saturated carbocycles. The molecule has 34 heavy (non-hydrogen) atoms. The third-order valence-electron chi connectivity index (χ3n) is 5.86. The van der Waals surface area contributed by atoms with Crippen LogP contribution in [0.3, 0.4) is 0 Å². The number of benzene rings is 2. The summed E-state index contributed by atoms with van der Waals surface area (Å²) in [6.07, 6.45) is 9.10. The van der Waals surface area contributed by atoms with Crippen LogP contribution in [0, 0.1) is 0 Å². The summed E-state index contributed by atoms with van der Waals surface area (Å²) in [5, 5.41) is 0. The summed E-state index contributed by atoms with van der Waals surface area (Å²) in [6, 6.07) is 15.8. The Morgan fingerprint density at radius 1 is 0.941 bits per heavy atom. The molecule has 1 fully saturated rings. The molecule has 3 aromatic rings. The summed E-state index contributed by atoms with van der Waals surface area (Å²) in [5.74, 6) is -0.0726. The molecule has 2 aromatic carbocycles. The smallest absolute Gasteiger partial charge is 0.343 e. The Hall–Kier alpha value is -3.09. The number of unbranched alkanes of at least 4 members (excludes halogenated alkanes) is 3.